The fraction of sp³-hybridized carbons (Fsp3) is 0.667. The van der Waals surface area contributed by atoms with Gasteiger partial charge in [0.05, 0.1) is 7.11 Å². The lowest BCUT2D eigenvalue weighted by molar-refractivity contribution is 0.0511. The highest BCUT2D eigenvalue weighted by atomic mass is 127. The molecule has 0 spiro atoms. The number of ether oxygens (including phenoxy) is 2. The van der Waals surface area contributed by atoms with Crippen molar-refractivity contribution in [2.45, 2.75) is 36.9 Å². The molecule has 1 N–H and O–H groups in total. The minimum absolute atomic E-state index is 0. The Balaban J connectivity index is 0.00000280. The average Bonchev–Trinajstić information content (AvgIpc) is 2.75. The number of thioether (sulfide) groups is 1. The first kappa shape index (κ1) is 23.6. The van der Waals surface area contributed by atoms with Gasteiger partial charge in [-0.3, -0.25) is 4.99 Å². The summed E-state index contributed by atoms with van der Waals surface area (Å²) in [5.41, 5.74) is 1.44. The van der Waals surface area contributed by atoms with Crippen LogP contribution in [0.4, 0.5) is 0 Å². The van der Waals surface area contributed by atoms with Gasteiger partial charge in [-0.2, -0.15) is 11.8 Å². The van der Waals surface area contributed by atoms with E-state index in [4.69, 9.17) is 9.47 Å². The van der Waals surface area contributed by atoms with Crippen LogP contribution in [0, 0.1) is 0 Å². The van der Waals surface area contributed by atoms with Crippen LogP contribution in [0.5, 0.6) is 5.75 Å². The molecule has 0 amide bonds. The molecule has 158 valence electrons. The van der Waals surface area contributed by atoms with Gasteiger partial charge in [-0.1, -0.05) is 19.1 Å². The molecule has 2 saturated heterocycles. The lowest BCUT2D eigenvalue weighted by atomic mass is 9.74. The number of hydrogen-bond acceptors (Lipinski definition) is 4. The molecule has 1 aromatic carbocycles. The third-order valence-corrected chi connectivity index (χ3v) is 7.21. The maximum atomic E-state index is 5.67. The molecule has 0 radical (unpaired) electrons. The lowest BCUT2D eigenvalue weighted by Gasteiger charge is -2.40. The first-order chi connectivity index (χ1) is 13.2. The fourth-order valence-corrected chi connectivity index (χ4v) is 5.19. The molecule has 3 rings (SSSR count). The van der Waals surface area contributed by atoms with E-state index < -0.39 is 0 Å². The lowest BCUT2D eigenvalue weighted by Crippen LogP contribution is -2.52. The van der Waals surface area contributed by atoms with Crippen molar-refractivity contribution in [3.63, 3.8) is 0 Å². The van der Waals surface area contributed by atoms with Crippen molar-refractivity contribution in [2.24, 2.45) is 4.99 Å². The molecule has 28 heavy (non-hydrogen) atoms. The molecule has 2 aliphatic heterocycles. The van der Waals surface area contributed by atoms with Crippen LogP contribution in [-0.2, 0) is 10.2 Å². The Labute approximate surface area is 191 Å². The third-order valence-electron chi connectivity index (χ3n) is 5.84. The molecule has 7 heteroatoms. The zero-order valence-corrected chi connectivity index (χ0v) is 20.4. The van der Waals surface area contributed by atoms with E-state index in [1.807, 2.05) is 7.05 Å². The molecule has 1 atom stereocenters. The number of guanidine groups is 1. The van der Waals surface area contributed by atoms with Crippen molar-refractivity contribution < 1.29 is 9.47 Å². The molecule has 2 aliphatic rings. The van der Waals surface area contributed by atoms with Crippen LogP contribution >= 0.6 is 35.7 Å². The molecule has 1 unspecified atom stereocenters. The molecular formula is C21H34IN3O2S. The molecule has 0 saturated carbocycles. The summed E-state index contributed by atoms with van der Waals surface area (Å²) in [6.07, 6.45) is 3.26. The summed E-state index contributed by atoms with van der Waals surface area (Å²) in [6, 6.07) is 8.54. The van der Waals surface area contributed by atoms with Crippen molar-refractivity contribution in [1.29, 1.82) is 0 Å². The van der Waals surface area contributed by atoms with Gasteiger partial charge in [-0.05, 0) is 37.0 Å². The molecule has 0 aromatic heterocycles. The van der Waals surface area contributed by atoms with Gasteiger partial charge >= 0.3 is 0 Å². The normalized spacial score (nSPS) is 22.3. The highest BCUT2D eigenvalue weighted by Gasteiger charge is 2.35. The van der Waals surface area contributed by atoms with E-state index in [2.05, 4.69) is 58.2 Å². The summed E-state index contributed by atoms with van der Waals surface area (Å²) in [5, 5.41) is 4.41. The van der Waals surface area contributed by atoms with E-state index in [-0.39, 0.29) is 29.4 Å². The van der Waals surface area contributed by atoms with Crippen LogP contribution in [-0.4, -0.2) is 68.9 Å². The van der Waals surface area contributed by atoms with E-state index in [0.717, 1.165) is 57.4 Å². The molecule has 0 aliphatic carbocycles. The predicted molar refractivity (Wildman–Crippen MR) is 130 cm³/mol. The standard InChI is InChI=1S/C21H33N3O2S.HI/c1-4-19-15-24(11-14-27-19)20(22-2)23-16-21(9-12-26-13-10-21)17-5-7-18(25-3)8-6-17;/h5-8,19H,4,9-16H2,1-3H3,(H,22,23);1H. The van der Waals surface area contributed by atoms with E-state index >= 15 is 0 Å². The zero-order valence-electron chi connectivity index (χ0n) is 17.3. The Morgan fingerprint density at radius 3 is 2.64 bits per heavy atom. The number of halogens is 1. The van der Waals surface area contributed by atoms with Crippen molar-refractivity contribution in [3.05, 3.63) is 29.8 Å². The molecule has 2 fully saturated rings. The zero-order chi connectivity index (χ0) is 19.1. The molecule has 0 bridgehead atoms. The van der Waals surface area contributed by atoms with Gasteiger partial charge in [-0.25, -0.2) is 0 Å². The van der Waals surface area contributed by atoms with Crippen molar-refractivity contribution >= 4 is 41.7 Å². The predicted octanol–water partition coefficient (Wildman–Crippen LogP) is 3.76. The Hall–Kier alpha value is -0.670. The second-order valence-electron chi connectivity index (χ2n) is 7.37. The summed E-state index contributed by atoms with van der Waals surface area (Å²) in [6.45, 7) is 6.93. The maximum Gasteiger partial charge on any atom is 0.193 e. The van der Waals surface area contributed by atoms with Gasteiger partial charge in [-0.15, -0.1) is 24.0 Å². The van der Waals surface area contributed by atoms with Crippen LogP contribution in [0.2, 0.25) is 0 Å². The fourth-order valence-electron chi connectivity index (χ4n) is 4.01. The Bertz CT molecular complexity index is 621. The van der Waals surface area contributed by atoms with Gasteiger partial charge in [0.1, 0.15) is 5.75 Å². The molecule has 2 heterocycles. The molecule has 5 nitrogen and oxygen atoms in total. The van der Waals surface area contributed by atoms with Gasteiger partial charge in [0, 0.05) is 56.3 Å². The first-order valence-corrected chi connectivity index (χ1v) is 11.0. The van der Waals surface area contributed by atoms with E-state index in [1.54, 1.807) is 7.11 Å². The van der Waals surface area contributed by atoms with Crippen LogP contribution in [0.15, 0.2) is 29.3 Å². The topological polar surface area (TPSA) is 46.1 Å². The number of nitrogens with one attached hydrogen (secondary N) is 1. The van der Waals surface area contributed by atoms with E-state index in [9.17, 15) is 0 Å². The number of rotatable bonds is 5. The van der Waals surface area contributed by atoms with Crippen molar-refractivity contribution in [3.8, 4) is 5.75 Å². The second-order valence-corrected chi connectivity index (χ2v) is 8.78. The van der Waals surface area contributed by atoms with Gasteiger partial charge in [0.25, 0.3) is 0 Å². The van der Waals surface area contributed by atoms with Crippen LogP contribution in [0.3, 0.4) is 0 Å². The number of hydrogen-bond donors (Lipinski definition) is 1. The summed E-state index contributed by atoms with van der Waals surface area (Å²) in [5.74, 6) is 3.12. The first-order valence-electron chi connectivity index (χ1n) is 10.0. The minimum atomic E-state index is 0. The number of methoxy groups -OCH3 is 1. The quantitative estimate of drug-likeness (QED) is 0.365. The number of nitrogens with zero attached hydrogens (tertiary/aromatic N) is 2. The highest BCUT2D eigenvalue weighted by molar-refractivity contribution is 14.0. The summed E-state index contributed by atoms with van der Waals surface area (Å²) >= 11 is 2.09. The maximum absolute atomic E-state index is 5.67. The third kappa shape index (κ3) is 5.69. The number of aliphatic imine (C=N–C) groups is 1. The summed E-state index contributed by atoms with van der Waals surface area (Å²) in [7, 11) is 3.61. The Morgan fingerprint density at radius 2 is 2.04 bits per heavy atom. The minimum Gasteiger partial charge on any atom is -0.497 e. The van der Waals surface area contributed by atoms with Crippen LogP contribution in [0.25, 0.3) is 0 Å². The smallest absolute Gasteiger partial charge is 0.193 e. The molecular weight excluding hydrogens is 485 g/mol. The summed E-state index contributed by atoms with van der Waals surface area (Å²) in [4.78, 5) is 7.01. The highest BCUT2D eigenvalue weighted by Crippen LogP contribution is 2.35. The van der Waals surface area contributed by atoms with E-state index in [1.165, 1.54) is 17.7 Å². The second kappa shape index (κ2) is 11.5. The number of benzene rings is 1. The van der Waals surface area contributed by atoms with Gasteiger partial charge < -0.3 is 19.7 Å². The SMILES string of the molecule is CCC1CN(C(=NC)NCC2(c3ccc(OC)cc3)CCOCC2)CCS1.I. The van der Waals surface area contributed by atoms with Gasteiger partial charge in [0.2, 0.25) is 0 Å². The van der Waals surface area contributed by atoms with Crippen molar-refractivity contribution in [2.75, 3.05) is 52.8 Å². The van der Waals surface area contributed by atoms with Crippen LogP contribution < -0.4 is 10.1 Å². The van der Waals surface area contributed by atoms with Crippen LogP contribution in [0.1, 0.15) is 31.7 Å². The summed E-state index contributed by atoms with van der Waals surface area (Å²) < 4.78 is 11.0. The largest absolute Gasteiger partial charge is 0.497 e. The van der Waals surface area contributed by atoms with E-state index in [0.29, 0.717) is 5.25 Å². The van der Waals surface area contributed by atoms with Crippen molar-refractivity contribution in [1.82, 2.24) is 10.2 Å². The average molecular weight is 519 g/mol. The Morgan fingerprint density at radius 1 is 1.32 bits per heavy atom. The Kier molecular flexibility index (Phi) is 9.69. The van der Waals surface area contributed by atoms with Gasteiger partial charge in [0.15, 0.2) is 5.96 Å². The molecule has 1 aromatic rings. The monoisotopic (exact) mass is 519 g/mol.